The second-order valence-corrected chi connectivity index (χ2v) is 6.54. The Morgan fingerprint density at radius 1 is 0.625 bits per heavy atom. The van der Waals surface area contributed by atoms with Gasteiger partial charge in [0.15, 0.2) is 0 Å². The molecule has 0 bridgehead atoms. The molecule has 2 heteroatoms. The smallest absolute Gasteiger partial charge is 0.0669 e. The van der Waals surface area contributed by atoms with Gasteiger partial charge in [0, 0.05) is 5.33 Å². The van der Waals surface area contributed by atoms with Crippen LogP contribution in [0.4, 0.5) is 0 Å². The van der Waals surface area contributed by atoms with Gasteiger partial charge in [0.25, 0.3) is 0 Å². The monoisotopic (exact) mass is 375 g/mol. The molecule has 0 heterocycles. The topological polar surface area (TPSA) is 23.8 Å². The minimum Gasteiger partial charge on any atom is -0.198 e. The largest absolute Gasteiger partial charge is 0.198 e. The van der Waals surface area contributed by atoms with Crippen LogP contribution in [0.1, 0.15) is 11.1 Å². The SMILES string of the molecule is N#CCc1ccc(-c2ccc(-c3ccc(CCBr)cc3)cc2)cc1. The molecule has 0 aliphatic heterocycles. The van der Waals surface area contributed by atoms with Crippen molar-refractivity contribution in [1.29, 1.82) is 5.26 Å². The molecule has 0 aliphatic carbocycles. The summed E-state index contributed by atoms with van der Waals surface area (Å²) < 4.78 is 0. The molecule has 0 N–H and O–H groups in total. The van der Waals surface area contributed by atoms with E-state index in [2.05, 4.69) is 82.7 Å². The van der Waals surface area contributed by atoms with Gasteiger partial charge in [0.05, 0.1) is 12.5 Å². The van der Waals surface area contributed by atoms with Gasteiger partial charge in [0.1, 0.15) is 0 Å². The quantitative estimate of drug-likeness (QED) is 0.499. The van der Waals surface area contributed by atoms with Gasteiger partial charge in [-0.05, 0) is 39.8 Å². The average molecular weight is 376 g/mol. The van der Waals surface area contributed by atoms with E-state index in [9.17, 15) is 0 Å². The summed E-state index contributed by atoms with van der Waals surface area (Å²) in [6.07, 6.45) is 1.52. The third kappa shape index (κ3) is 3.93. The van der Waals surface area contributed by atoms with Crippen molar-refractivity contribution >= 4 is 15.9 Å². The van der Waals surface area contributed by atoms with Gasteiger partial charge >= 0.3 is 0 Å². The number of hydrogen-bond donors (Lipinski definition) is 0. The first-order chi connectivity index (χ1) is 11.8. The van der Waals surface area contributed by atoms with E-state index in [-0.39, 0.29) is 0 Å². The summed E-state index contributed by atoms with van der Waals surface area (Å²) in [5, 5.41) is 9.73. The lowest BCUT2D eigenvalue weighted by Crippen LogP contribution is -1.86. The van der Waals surface area contributed by atoms with E-state index >= 15 is 0 Å². The zero-order valence-corrected chi connectivity index (χ0v) is 15.0. The van der Waals surface area contributed by atoms with Crippen LogP contribution in [0.15, 0.2) is 72.8 Å². The Labute approximate surface area is 151 Å². The number of rotatable bonds is 5. The fourth-order valence-electron chi connectivity index (χ4n) is 2.73. The third-order valence-corrected chi connectivity index (χ3v) is 4.52. The van der Waals surface area contributed by atoms with Crippen LogP contribution < -0.4 is 0 Å². The molecular weight excluding hydrogens is 358 g/mol. The van der Waals surface area contributed by atoms with Crippen molar-refractivity contribution < 1.29 is 0 Å². The highest BCUT2D eigenvalue weighted by Crippen LogP contribution is 2.25. The molecule has 3 rings (SSSR count). The summed E-state index contributed by atoms with van der Waals surface area (Å²) >= 11 is 3.48. The maximum absolute atomic E-state index is 8.74. The average Bonchev–Trinajstić information content (AvgIpc) is 2.64. The molecule has 24 heavy (non-hydrogen) atoms. The number of nitriles is 1. The predicted molar refractivity (Wildman–Crippen MR) is 104 cm³/mol. The van der Waals surface area contributed by atoms with Crippen molar-refractivity contribution in [3.05, 3.63) is 83.9 Å². The van der Waals surface area contributed by atoms with Crippen molar-refractivity contribution in [2.75, 3.05) is 5.33 Å². The molecule has 0 radical (unpaired) electrons. The van der Waals surface area contributed by atoms with Gasteiger partial charge in [0.2, 0.25) is 0 Å². The number of halogens is 1. The van der Waals surface area contributed by atoms with Crippen molar-refractivity contribution in [2.24, 2.45) is 0 Å². The molecule has 1 nitrogen and oxygen atoms in total. The number of nitrogens with zero attached hydrogens (tertiary/aromatic N) is 1. The summed E-state index contributed by atoms with van der Waals surface area (Å²) in [7, 11) is 0. The van der Waals surface area contributed by atoms with E-state index in [1.165, 1.54) is 27.8 Å². The molecule has 0 spiro atoms. The van der Waals surface area contributed by atoms with Gasteiger partial charge in [-0.3, -0.25) is 0 Å². The molecule has 0 atom stereocenters. The first-order valence-electron chi connectivity index (χ1n) is 8.02. The highest BCUT2D eigenvalue weighted by atomic mass is 79.9. The summed E-state index contributed by atoms with van der Waals surface area (Å²) in [6.45, 7) is 0. The van der Waals surface area contributed by atoms with Gasteiger partial charge in [-0.25, -0.2) is 0 Å². The molecule has 3 aromatic carbocycles. The van der Waals surface area contributed by atoms with E-state index in [1.807, 2.05) is 12.1 Å². The molecule has 0 fully saturated rings. The van der Waals surface area contributed by atoms with Gasteiger partial charge < -0.3 is 0 Å². The van der Waals surface area contributed by atoms with Crippen molar-refractivity contribution in [3.63, 3.8) is 0 Å². The zero-order valence-electron chi connectivity index (χ0n) is 13.4. The molecule has 0 amide bonds. The second-order valence-electron chi connectivity index (χ2n) is 5.75. The Morgan fingerprint density at radius 3 is 1.38 bits per heavy atom. The van der Waals surface area contributed by atoms with Crippen LogP contribution in [0.2, 0.25) is 0 Å². The maximum atomic E-state index is 8.74. The second kappa shape index (κ2) is 7.95. The lowest BCUT2D eigenvalue weighted by molar-refractivity contribution is 1.17. The molecule has 0 saturated carbocycles. The molecule has 0 unspecified atom stereocenters. The van der Waals surface area contributed by atoms with E-state index in [0.717, 1.165) is 17.3 Å². The van der Waals surface area contributed by atoms with E-state index in [4.69, 9.17) is 5.26 Å². The third-order valence-electron chi connectivity index (χ3n) is 4.13. The van der Waals surface area contributed by atoms with Gasteiger partial charge in [-0.15, -0.1) is 0 Å². The molecule has 0 aromatic heterocycles. The highest BCUT2D eigenvalue weighted by Gasteiger charge is 2.01. The molecule has 0 saturated heterocycles. The summed E-state index contributed by atoms with van der Waals surface area (Å²) in [5.41, 5.74) is 7.25. The van der Waals surface area contributed by atoms with Crippen molar-refractivity contribution in [3.8, 4) is 28.3 Å². The van der Waals surface area contributed by atoms with Crippen molar-refractivity contribution in [1.82, 2.24) is 0 Å². The Bertz CT molecular complexity index is 825. The van der Waals surface area contributed by atoms with Crippen LogP contribution in [-0.2, 0) is 12.8 Å². The Morgan fingerprint density at radius 2 is 1.00 bits per heavy atom. The van der Waals surface area contributed by atoms with Gasteiger partial charge in [-0.2, -0.15) is 5.26 Å². The van der Waals surface area contributed by atoms with E-state index < -0.39 is 0 Å². The molecular formula is C22H18BrN. The summed E-state index contributed by atoms with van der Waals surface area (Å²) in [6, 6.07) is 27.8. The fourth-order valence-corrected chi connectivity index (χ4v) is 3.19. The van der Waals surface area contributed by atoms with Crippen LogP contribution in [0.25, 0.3) is 22.3 Å². The zero-order chi connectivity index (χ0) is 16.8. The van der Waals surface area contributed by atoms with Crippen LogP contribution >= 0.6 is 15.9 Å². The standard InChI is InChI=1S/C22H18BrN/c23-15-13-17-1-5-19(6-2-17)21-9-11-22(12-10-21)20-7-3-18(4-8-20)14-16-24/h1-12H,13-15H2. The number of hydrogen-bond acceptors (Lipinski definition) is 1. The van der Waals surface area contributed by atoms with E-state index in [0.29, 0.717) is 6.42 Å². The molecule has 0 aliphatic rings. The number of benzene rings is 3. The highest BCUT2D eigenvalue weighted by molar-refractivity contribution is 9.09. The fraction of sp³-hybridized carbons (Fsp3) is 0.136. The molecule has 3 aromatic rings. The first-order valence-corrected chi connectivity index (χ1v) is 9.14. The summed E-state index contributed by atoms with van der Waals surface area (Å²) in [4.78, 5) is 0. The van der Waals surface area contributed by atoms with Crippen LogP contribution in [0.3, 0.4) is 0 Å². The van der Waals surface area contributed by atoms with Crippen LogP contribution in [0.5, 0.6) is 0 Å². The van der Waals surface area contributed by atoms with Crippen LogP contribution in [-0.4, -0.2) is 5.33 Å². The van der Waals surface area contributed by atoms with Gasteiger partial charge in [-0.1, -0.05) is 88.7 Å². The lowest BCUT2D eigenvalue weighted by atomic mass is 9.98. The Kier molecular flexibility index (Phi) is 5.46. The minimum atomic E-state index is 0.463. The molecule has 118 valence electrons. The Hall–Kier alpha value is -2.37. The normalized spacial score (nSPS) is 10.3. The predicted octanol–water partition coefficient (Wildman–Crippen LogP) is 6.02. The maximum Gasteiger partial charge on any atom is 0.0669 e. The minimum absolute atomic E-state index is 0.463. The first kappa shape index (κ1) is 16.5. The lowest BCUT2D eigenvalue weighted by Gasteiger charge is -2.07. The summed E-state index contributed by atoms with van der Waals surface area (Å²) in [5.74, 6) is 0. The van der Waals surface area contributed by atoms with Crippen LogP contribution in [0, 0.1) is 11.3 Å². The Balaban J connectivity index is 1.78. The number of alkyl halides is 1. The van der Waals surface area contributed by atoms with E-state index in [1.54, 1.807) is 0 Å². The van der Waals surface area contributed by atoms with Crippen molar-refractivity contribution in [2.45, 2.75) is 12.8 Å². The number of aryl methyl sites for hydroxylation is 1.